The molecular weight excluding hydrogens is 266 g/mol. The van der Waals surface area contributed by atoms with Crippen LogP contribution in [0.1, 0.15) is 27.1 Å². The second-order valence-corrected chi connectivity index (χ2v) is 6.28. The van der Waals surface area contributed by atoms with Gasteiger partial charge in [0.2, 0.25) is 0 Å². The molecule has 0 aliphatic heterocycles. The number of hydrogen-bond acceptors (Lipinski definition) is 3. The van der Waals surface area contributed by atoms with Gasteiger partial charge >= 0.3 is 0 Å². The first-order valence-electron chi connectivity index (χ1n) is 7.02. The van der Waals surface area contributed by atoms with Crippen molar-refractivity contribution < 1.29 is 4.74 Å². The summed E-state index contributed by atoms with van der Waals surface area (Å²) in [4.78, 5) is 1.41. The highest BCUT2D eigenvalue weighted by molar-refractivity contribution is 7.10. The van der Waals surface area contributed by atoms with Crippen molar-refractivity contribution in [2.24, 2.45) is 0 Å². The minimum absolute atomic E-state index is 0.704. The van der Waals surface area contributed by atoms with E-state index >= 15 is 0 Å². The van der Waals surface area contributed by atoms with Gasteiger partial charge in [-0.05, 0) is 55.8 Å². The molecule has 0 spiro atoms. The van der Waals surface area contributed by atoms with Gasteiger partial charge in [-0.15, -0.1) is 11.3 Å². The second kappa shape index (κ2) is 6.91. The van der Waals surface area contributed by atoms with Gasteiger partial charge in [0.15, 0.2) is 0 Å². The summed E-state index contributed by atoms with van der Waals surface area (Å²) in [7, 11) is 0. The molecule has 0 aliphatic rings. The summed E-state index contributed by atoms with van der Waals surface area (Å²) in [6.07, 6.45) is 0. The summed E-state index contributed by atoms with van der Waals surface area (Å²) in [5.41, 5.74) is 5.10. The molecule has 0 bridgehead atoms. The average molecular weight is 289 g/mol. The summed E-state index contributed by atoms with van der Waals surface area (Å²) in [6.45, 7) is 11.0. The van der Waals surface area contributed by atoms with Gasteiger partial charge in [-0.3, -0.25) is 0 Å². The smallest absolute Gasteiger partial charge is 0.125 e. The number of hydrogen-bond donors (Lipinski definition) is 1. The molecule has 3 heteroatoms. The van der Waals surface area contributed by atoms with E-state index in [1.807, 2.05) is 11.3 Å². The van der Waals surface area contributed by atoms with Crippen LogP contribution >= 0.6 is 11.3 Å². The van der Waals surface area contributed by atoms with Crippen LogP contribution in [0.5, 0.6) is 5.75 Å². The summed E-state index contributed by atoms with van der Waals surface area (Å²) < 4.78 is 5.91. The van der Waals surface area contributed by atoms with E-state index in [2.05, 4.69) is 56.6 Å². The Bertz CT molecular complexity index is 551. The molecule has 0 amide bonds. The van der Waals surface area contributed by atoms with Crippen LogP contribution in [0.15, 0.2) is 23.6 Å². The van der Waals surface area contributed by atoms with Crippen molar-refractivity contribution in [1.29, 1.82) is 0 Å². The second-order valence-electron chi connectivity index (χ2n) is 5.28. The Balaban J connectivity index is 1.78. The highest BCUT2D eigenvalue weighted by Crippen LogP contribution is 2.24. The van der Waals surface area contributed by atoms with Crippen molar-refractivity contribution in [1.82, 2.24) is 5.32 Å². The van der Waals surface area contributed by atoms with Crippen molar-refractivity contribution in [2.45, 2.75) is 34.2 Å². The molecule has 20 heavy (non-hydrogen) atoms. The van der Waals surface area contributed by atoms with E-state index < -0.39 is 0 Å². The van der Waals surface area contributed by atoms with Gasteiger partial charge in [0.25, 0.3) is 0 Å². The third kappa shape index (κ3) is 3.84. The minimum Gasteiger partial charge on any atom is -0.492 e. The summed E-state index contributed by atoms with van der Waals surface area (Å²) >= 11 is 1.81. The van der Waals surface area contributed by atoms with E-state index in [1.54, 1.807) is 0 Å². The zero-order valence-corrected chi connectivity index (χ0v) is 13.6. The molecule has 2 nitrogen and oxygen atoms in total. The molecule has 1 heterocycles. The van der Waals surface area contributed by atoms with Crippen molar-refractivity contribution in [3.63, 3.8) is 0 Å². The van der Waals surface area contributed by atoms with Gasteiger partial charge in [-0.2, -0.15) is 0 Å². The minimum atomic E-state index is 0.704. The van der Waals surface area contributed by atoms with Crippen LogP contribution in [0.25, 0.3) is 0 Å². The SMILES string of the molecule is Cc1cc(C)c(OCCNCc2sccc2C)c(C)c1. The first-order valence-corrected chi connectivity index (χ1v) is 7.90. The molecule has 1 aromatic heterocycles. The molecule has 0 aliphatic carbocycles. The number of nitrogens with one attached hydrogen (secondary N) is 1. The molecule has 0 saturated carbocycles. The molecule has 2 aromatic rings. The molecule has 0 radical (unpaired) electrons. The Hall–Kier alpha value is -1.32. The van der Waals surface area contributed by atoms with Crippen LogP contribution in [0, 0.1) is 27.7 Å². The number of ether oxygens (including phenoxy) is 1. The van der Waals surface area contributed by atoms with E-state index in [0.29, 0.717) is 6.61 Å². The van der Waals surface area contributed by atoms with Crippen LogP contribution < -0.4 is 10.1 Å². The maximum absolute atomic E-state index is 5.91. The summed E-state index contributed by atoms with van der Waals surface area (Å²) in [5, 5.41) is 5.58. The molecule has 108 valence electrons. The van der Waals surface area contributed by atoms with Crippen LogP contribution in [-0.2, 0) is 6.54 Å². The van der Waals surface area contributed by atoms with Gasteiger partial charge in [-0.1, -0.05) is 17.7 Å². The van der Waals surface area contributed by atoms with E-state index in [-0.39, 0.29) is 0 Å². The first-order chi connectivity index (χ1) is 9.58. The van der Waals surface area contributed by atoms with Crippen molar-refractivity contribution in [2.75, 3.05) is 13.2 Å². The number of aryl methyl sites for hydroxylation is 4. The van der Waals surface area contributed by atoms with Crippen molar-refractivity contribution in [3.8, 4) is 5.75 Å². The Labute approximate surface area is 125 Å². The highest BCUT2D eigenvalue weighted by atomic mass is 32.1. The Morgan fingerprint density at radius 3 is 2.35 bits per heavy atom. The monoisotopic (exact) mass is 289 g/mol. The molecule has 0 saturated heterocycles. The third-order valence-electron chi connectivity index (χ3n) is 3.38. The molecule has 0 atom stereocenters. The van der Waals surface area contributed by atoms with E-state index in [9.17, 15) is 0 Å². The highest BCUT2D eigenvalue weighted by Gasteiger charge is 2.05. The predicted molar refractivity (Wildman–Crippen MR) is 86.9 cm³/mol. The molecule has 1 N–H and O–H groups in total. The quantitative estimate of drug-likeness (QED) is 0.807. The molecular formula is C17H23NOS. The van der Waals surface area contributed by atoms with Crippen molar-refractivity contribution >= 4 is 11.3 Å². The fourth-order valence-corrected chi connectivity index (χ4v) is 3.28. The zero-order valence-electron chi connectivity index (χ0n) is 12.7. The van der Waals surface area contributed by atoms with Gasteiger partial charge in [0.05, 0.1) is 0 Å². The van der Waals surface area contributed by atoms with Crippen LogP contribution in [-0.4, -0.2) is 13.2 Å². The largest absolute Gasteiger partial charge is 0.492 e. The number of benzene rings is 1. The number of rotatable bonds is 6. The summed E-state index contributed by atoms with van der Waals surface area (Å²) in [5.74, 6) is 1.03. The molecule has 0 fully saturated rings. The maximum Gasteiger partial charge on any atom is 0.125 e. The molecule has 0 unspecified atom stereocenters. The lowest BCUT2D eigenvalue weighted by Crippen LogP contribution is -2.20. The average Bonchev–Trinajstić information content (AvgIpc) is 2.77. The number of thiophene rings is 1. The zero-order chi connectivity index (χ0) is 14.5. The lowest BCUT2D eigenvalue weighted by molar-refractivity contribution is 0.310. The lowest BCUT2D eigenvalue weighted by Gasteiger charge is -2.13. The fourth-order valence-electron chi connectivity index (χ4n) is 2.41. The fraction of sp³-hybridized carbons (Fsp3) is 0.412. The molecule has 1 aromatic carbocycles. The topological polar surface area (TPSA) is 21.3 Å². The van der Waals surface area contributed by atoms with Gasteiger partial charge in [0.1, 0.15) is 12.4 Å². The van der Waals surface area contributed by atoms with Gasteiger partial charge < -0.3 is 10.1 Å². The normalized spacial score (nSPS) is 10.8. The van der Waals surface area contributed by atoms with E-state index in [0.717, 1.165) is 18.8 Å². The van der Waals surface area contributed by atoms with Gasteiger partial charge in [-0.25, -0.2) is 0 Å². The standard InChI is InChI=1S/C17H23NOS/c1-12-9-14(3)17(15(4)10-12)19-7-6-18-11-16-13(2)5-8-20-16/h5,8-10,18H,6-7,11H2,1-4H3. The van der Waals surface area contributed by atoms with Gasteiger partial charge in [0, 0.05) is 18.0 Å². The van der Waals surface area contributed by atoms with E-state index in [1.165, 1.54) is 27.1 Å². The molecule has 2 rings (SSSR count). The lowest BCUT2D eigenvalue weighted by atomic mass is 10.1. The van der Waals surface area contributed by atoms with Crippen LogP contribution in [0.3, 0.4) is 0 Å². The third-order valence-corrected chi connectivity index (χ3v) is 4.41. The summed E-state index contributed by atoms with van der Waals surface area (Å²) in [6, 6.07) is 6.51. The van der Waals surface area contributed by atoms with Crippen LogP contribution in [0.4, 0.5) is 0 Å². The van der Waals surface area contributed by atoms with Crippen LogP contribution in [0.2, 0.25) is 0 Å². The Morgan fingerprint density at radius 1 is 1.05 bits per heavy atom. The van der Waals surface area contributed by atoms with Crippen molar-refractivity contribution in [3.05, 3.63) is 50.7 Å². The first kappa shape index (κ1) is 15.1. The predicted octanol–water partition coefficient (Wildman–Crippen LogP) is 4.15. The Morgan fingerprint density at radius 2 is 1.75 bits per heavy atom. The van der Waals surface area contributed by atoms with E-state index in [4.69, 9.17) is 4.74 Å². The maximum atomic E-state index is 5.91. The Kier molecular flexibility index (Phi) is 5.21.